The fourth-order valence-electron chi connectivity index (χ4n) is 6.54. The zero-order chi connectivity index (χ0) is 33.9. The van der Waals surface area contributed by atoms with Crippen LogP contribution in [0.2, 0.25) is 0 Å². The van der Waals surface area contributed by atoms with Crippen molar-refractivity contribution in [2.75, 3.05) is 4.90 Å². The Morgan fingerprint density at radius 2 is 1.11 bits per heavy atom. The molecule has 0 aliphatic rings. The van der Waals surface area contributed by atoms with Gasteiger partial charge in [-0.15, -0.1) is 0 Å². The van der Waals surface area contributed by atoms with Crippen molar-refractivity contribution in [1.82, 2.24) is 0 Å². The maximum absolute atomic E-state index is 9.41. The molecule has 8 aromatic carbocycles. The highest BCUT2D eigenvalue weighted by Crippen LogP contribution is 2.45. The molecular weight excluding hydrogens is 558 g/mol. The Hall–Kier alpha value is -6.12. The van der Waals surface area contributed by atoms with Crippen LogP contribution in [0.1, 0.15) is 5.48 Å². The van der Waals surface area contributed by atoms with E-state index in [4.69, 9.17) is 4.42 Å². The fraction of sp³-hybridized carbons (Fsp3) is 0. The molecule has 0 aliphatic heterocycles. The molecule has 216 valence electrons. The SMILES string of the molecule is [2H]c1c([2H])c(N(c2ccc(-c3cccc4ccccc34)cc2)c2cccc3oc4c5ccccc5ccc4c23)c([2H])c([2H])c1-c1ccccc1. The lowest BCUT2D eigenvalue weighted by Crippen LogP contribution is -2.10. The Kier molecular flexibility index (Phi) is 5.26. The van der Waals surface area contributed by atoms with Gasteiger partial charge in [-0.1, -0.05) is 133 Å². The van der Waals surface area contributed by atoms with Crippen molar-refractivity contribution in [1.29, 1.82) is 0 Å². The average Bonchev–Trinajstić information content (AvgIpc) is 3.56. The summed E-state index contributed by atoms with van der Waals surface area (Å²) in [5.74, 6) is 0. The highest BCUT2D eigenvalue weighted by atomic mass is 16.3. The van der Waals surface area contributed by atoms with Crippen molar-refractivity contribution < 1.29 is 9.90 Å². The maximum Gasteiger partial charge on any atom is 0.143 e. The van der Waals surface area contributed by atoms with Crippen LogP contribution in [0.25, 0.3) is 65.7 Å². The second-order valence-electron chi connectivity index (χ2n) is 11.4. The molecule has 0 atom stereocenters. The molecular formula is C44H29NO. The summed E-state index contributed by atoms with van der Waals surface area (Å²) in [6.45, 7) is 0. The minimum absolute atomic E-state index is 0.0974. The number of rotatable bonds is 5. The monoisotopic (exact) mass is 591 g/mol. The molecule has 0 saturated heterocycles. The summed E-state index contributed by atoms with van der Waals surface area (Å²) >= 11 is 0. The molecule has 0 aliphatic carbocycles. The molecule has 1 heterocycles. The van der Waals surface area contributed by atoms with Crippen molar-refractivity contribution in [2.24, 2.45) is 0 Å². The molecule has 0 fully saturated rings. The van der Waals surface area contributed by atoms with Gasteiger partial charge in [0, 0.05) is 22.1 Å². The van der Waals surface area contributed by atoms with Crippen LogP contribution in [0.3, 0.4) is 0 Å². The van der Waals surface area contributed by atoms with E-state index < -0.39 is 0 Å². The summed E-state index contributed by atoms with van der Waals surface area (Å²) in [6.07, 6.45) is 0. The molecule has 0 radical (unpaired) electrons. The minimum atomic E-state index is -0.127. The van der Waals surface area contributed by atoms with E-state index in [2.05, 4.69) is 60.7 Å². The molecule has 46 heavy (non-hydrogen) atoms. The van der Waals surface area contributed by atoms with Gasteiger partial charge in [-0.05, 0) is 80.8 Å². The topological polar surface area (TPSA) is 16.4 Å². The van der Waals surface area contributed by atoms with Crippen molar-refractivity contribution in [3.63, 3.8) is 0 Å². The van der Waals surface area contributed by atoms with E-state index in [1.165, 1.54) is 0 Å². The lowest BCUT2D eigenvalue weighted by atomic mass is 9.98. The molecule has 0 amide bonds. The molecule has 0 unspecified atom stereocenters. The minimum Gasteiger partial charge on any atom is -0.455 e. The predicted octanol–water partition coefficient (Wildman–Crippen LogP) is 12.7. The van der Waals surface area contributed by atoms with Crippen molar-refractivity contribution >= 4 is 60.5 Å². The first-order chi connectivity index (χ1) is 24.5. The second-order valence-corrected chi connectivity index (χ2v) is 11.4. The van der Waals surface area contributed by atoms with Gasteiger partial charge in [0.2, 0.25) is 0 Å². The number of hydrogen-bond donors (Lipinski definition) is 0. The number of anilines is 3. The van der Waals surface area contributed by atoms with Crippen LogP contribution >= 0.6 is 0 Å². The molecule has 2 heteroatoms. The molecule has 9 rings (SSSR count). The zero-order valence-electron chi connectivity index (χ0n) is 28.8. The molecule has 0 bridgehead atoms. The van der Waals surface area contributed by atoms with E-state index in [0.717, 1.165) is 49.0 Å². The van der Waals surface area contributed by atoms with E-state index in [0.29, 0.717) is 22.5 Å². The summed E-state index contributed by atoms with van der Waals surface area (Å²) in [7, 11) is 0. The highest BCUT2D eigenvalue weighted by Gasteiger charge is 2.20. The van der Waals surface area contributed by atoms with Crippen molar-refractivity contribution in [3.05, 3.63) is 176 Å². The number of nitrogens with zero attached hydrogens (tertiary/aromatic N) is 1. The Morgan fingerprint density at radius 3 is 1.91 bits per heavy atom. The van der Waals surface area contributed by atoms with Crippen molar-refractivity contribution in [3.8, 4) is 22.3 Å². The van der Waals surface area contributed by atoms with Gasteiger partial charge in [-0.2, -0.15) is 0 Å². The quantitative estimate of drug-likeness (QED) is 0.198. The molecule has 0 saturated carbocycles. The van der Waals surface area contributed by atoms with E-state index >= 15 is 0 Å². The summed E-state index contributed by atoms with van der Waals surface area (Å²) in [5.41, 5.74) is 6.03. The van der Waals surface area contributed by atoms with Crippen LogP contribution in [-0.4, -0.2) is 0 Å². The van der Waals surface area contributed by atoms with Crippen LogP contribution in [0.5, 0.6) is 0 Å². The maximum atomic E-state index is 9.41. The van der Waals surface area contributed by atoms with E-state index in [-0.39, 0.29) is 35.4 Å². The Bertz CT molecular complexity index is 2720. The third-order valence-corrected chi connectivity index (χ3v) is 8.73. The molecule has 0 spiro atoms. The van der Waals surface area contributed by atoms with Gasteiger partial charge in [-0.3, -0.25) is 0 Å². The van der Waals surface area contributed by atoms with Gasteiger partial charge in [0.15, 0.2) is 0 Å². The largest absolute Gasteiger partial charge is 0.455 e. The third kappa shape index (κ3) is 4.35. The fourth-order valence-corrected chi connectivity index (χ4v) is 6.54. The van der Waals surface area contributed by atoms with Crippen LogP contribution in [-0.2, 0) is 0 Å². The van der Waals surface area contributed by atoms with E-state index in [9.17, 15) is 5.48 Å². The van der Waals surface area contributed by atoms with Crippen molar-refractivity contribution in [2.45, 2.75) is 0 Å². The Morgan fingerprint density at radius 1 is 0.435 bits per heavy atom. The van der Waals surface area contributed by atoms with Gasteiger partial charge in [-0.25, -0.2) is 0 Å². The second kappa shape index (κ2) is 10.8. The van der Waals surface area contributed by atoms with E-state index in [1.54, 1.807) is 0 Å². The van der Waals surface area contributed by atoms with Gasteiger partial charge in [0.1, 0.15) is 11.2 Å². The summed E-state index contributed by atoms with van der Waals surface area (Å²) in [5, 5.41) is 6.10. The summed E-state index contributed by atoms with van der Waals surface area (Å²) in [6, 6.07) is 49.5. The van der Waals surface area contributed by atoms with Gasteiger partial charge >= 0.3 is 0 Å². The number of benzene rings is 8. The number of hydrogen-bond acceptors (Lipinski definition) is 2. The summed E-state index contributed by atoms with van der Waals surface area (Å²) < 4.78 is 43.7. The van der Waals surface area contributed by atoms with Gasteiger partial charge in [0.05, 0.1) is 16.6 Å². The molecule has 2 nitrogen and oxygen atoms in total. The molecule has 9 aromatic rings. The van der Waals surface area contributed by atoms with Crippen LogP contribution in [0.15, 0.2) is 180 Å². The Balaban J connectivity index is 1.31. The lowest BCUT2D eigenvalue weighted by Gasteiger charge is -2.26. The predicted molar refractivity (Wildman–Crippen MR) is 194 cm³/mol. The number of fused-ring (bicyclic) bond motifs is 6. The smallest absolute Gasteiger partial charge is 0.143 e. The first-order valence-electron chi connectivity index (χ1n) is 17.4. The number of furan rings is 1. The van der Waals surface area contributed by atoms with E-state index in [1.807, 2.05) is 95.9 Å². The first kappa shape index (κ1) is 22.4. The van der Waals surface area contributed by atoms with Gasteiger partial charge < -0.3 is 9.32 Å². The van der Waals surface area contributed by atoms with Gasteiger partial charge in [0.25, 0.3) is 0 Å². The lowest BCUT2D eigenvalue weighted by molar-refractivity contribution is 0.672. The summed E-state index contributed by atoms with van der Waals surface area (Å²) in [4.78, 5) is 1.86. The zero-order valence-corrected chi connectivity index (χ0v) is 24.8. The van der Waals surface area contributed by atoms with Crippen LogP contribution < -0.4 is 4.90 Å². The van der Waals surface area contributed by atoms with Crippen LogP contribution in [0, 0.1) is 0 Å². The van der Waals surface area contributed by atoms with Crippen LogP contribution in [0.4, 0.5) is 17.1 Å². The molecule has 1 aromatic heterocycles. The highest BCUT2D eigenvalue weighted by molar-refractivity contribution is 6.19. The Labute approximate surface area is 273 Å². The third-order valence-electron chi connectivity index (χ3n) is 8.73. The first-order valence-corrected chi connectivity index (χ1v) is 15.4. The standard InChI is InChI=1S/C44H29NO/c1-2-10-30(11-3-1)31-20-25-35(26-21-31)45(36-27-22-34(23-28-36)38-17-8-14-32-12-4-6-15-37(32)38)41-18-9-19-42-43(41)40-29-24-33-13-5-7-16-39(33)44(40)46-42/h1-29H/i20D,21D,25D,26D. The average molecular weight is 592 g/mol. The normalized spacial score (nSPS) is 12.7. The molecule has 0 N–H and O–H groups in total.